The molecule has 0 saturated heterocycles. The minimum Gasteiger partial charge on any atom is -0.348 e. The number of nitrogens with zero attached hydrogens (tertiary/aromatic N) is 2. The summed E-state index contributed by atoms with van der Waals surface area (Å²) in [6, 6.07) is 0.584. The summed E-state index contributed by atoms with van der Waals surface area (Å²) < 4.78 is 0. The Labute approximate surface area is 135 Å². The van der Waals surface area contributed by atoms with Crippen molar-refractivity contribution in [2.24, 2.45) is 0 Å². The summed E-state index contributed by atoms with van der Waals surface area (Å²) in [5.74, 6) is 0. The van der Waals surface area contributed by atoms with Gasteiger partial charge < -0.3 is 10.2 Å². The van der Waals surface area contributed by atoms with Crippen LogP contribution in [0.4, 0.5) is 5.13 Å². The molecule has 21 heavy (non-hydrogen) atoms. The number of nitrogens with one attached hydrogen (secondary N) is 1. The molecule has 4 heteroatoms. The number of hydrogen-bond acceptors (Lipinski definition) is 4. The summed E-state index contributed by atoms with van der Waals surface area (Å²) in [7, 11) is 2.19. The van der Waals surface area contributed by atoms with E-state index in [1.54, 1.807) is 0 Å². The van der Waals surface area contributed by atoms with Crippen molar-refractivity contribution in [1.29, 1.82) is 0 Å². The molecule has 0 unspecified atom stereocenters. The van der Waals surface area contributed by atoms with Crippen molar-refractivity contribution < 1.29 is 0 Å². The van der Waals surface area contributed by atoms with Crippen LogP contribution in [0.1, 0.15) is 71.4 Å². The Morgan fingerprint density at radius 1 is 1.19 bits per heavy atom. The Hall–Kier alpha value is -0.610. The van der Waals surface area contributed by atoms with E-state index in [-0.39, 0.29) is 5.41 Å². The van der Waals surface area contributed by atoms with Crippen LogP contribution in [0.3, 0.4) is 0 Å². The fourth-order valence-electron chi connectivity index (χ4n) is 2.57. The molecule has 0 spiro atoms. The van der Waals surface area contributed by atoms with Crippen molar-refractivity contribution >= 4 is 16.5 Å². The molecule has 0 aromatic carbocycles. The molecule has 0 aliphatic rings. The van der Waals surface area contributed by atoms with Crippen LogP contribution >= 0.6 is 11.3 Å². The fraction of sp³-hybridized carbons (Fsp3) is 0.824. The zero-order valence-electron chi connectivity index (χ0n) is 14.9. The molecule has 1 N–H and O–H groups in total. The van der Waals surface area contributed by atoms with E-state index >= 15 is 0 Å². The van der Waals surface area contributed by atoms with Gasteiger partial charge in [0.2, 0.25) is 0 Å². The van der Waals surface area contributed by atoms with Gasteiger partial charge in [-0.1, -0.05) is 41.5 Å². The predicted octanol–water partition coefficient (Wildman–Crippen LogP) is 4.57. The third-order valence-electron chi connectivity index (χ3n) is 3.90. The first-order valence-corrected chi connectivity index (χ1v) is 9.10. The molecule has 0 aliphatic heterocycles. The molecule has 1 heterocycles. The second-order valence-electron chi connectivity index (χ2n) is 6.78. The molecule has 0 amide bonds. The summed E-state index contributed by atoms with van der Waals surface area (Å²) in [5.41, 5.74) is 1.36. The van der Waals surface area contributed by atoms with Crippen LogP contribution in [0.2, 0.25) is 0 Å². The molecule has 3 nitrogen and oxygen atoms in total. The standard InChI is InChI=1S/C17H33N3S/c1-8-11-18-12-14-15(17(4,5)6)19-16(21-14)20(7)13(9-2)10-3/h13,18H,8-12H2,1-7H3. The highest BCUT2D eigenvalue weighted by Crippen LogP contribution is 2.34. The second kappa shape index (κ2) is 8.14. The van der Waals surface area contributed by atoms with Crippen LogP contribution in [0.5, 0.6) is 0 Å². The number of aromatic nitrogens is 1. The van der Waals surface area contributed by atoms with Crippen molar-refractivity contribution in [2.45, 2.75) is 78.8 Å². The van der Waals surface area contributed by atoms with Crippen LogP contribution in [0, 0.1) is 0 Å². The van der Waals surface area contributed by atoms with Gasteiger partial charge in [0, 0.05) is 29.9 Å². The molecule has 0 fully saturated rings. The Balaban J connectivity index is 3.01. The lowest BCUT2D eigenvalue weighted by Gasteiger charge is -2.25. The van der Waals surface area contributed by atoms with E-state index in [2.05, 4.69) is 58.8 Å². The van der Waals surface area contributed by atoms with Gasteiger partial charge in [0.25, 0.3) is 0 Å². The van der Waals surface area contributed by atoms with Gasteiger partial charge >= 0.3 is 0 Å². The van der Waals surface area contributed by atoms with Gasteiger partial charge in [-0.25, -0.2) is 4.98 Å². The molecular formula is C17H33N3S. The number of thiazole rings is 1. The fourth-order valence-corrected chi connectivity index (χ4v) is 3.84. The first kappa shape index (κ1) is 18.4. The van der Waals surface area contributed by atoms with Crippen molar-refractivity contribution in [1.82, 2.24) is 10.3 Å². The highest BCUT2D eigenvalue weighted by atomic mass is 32.1. The first-order valence-electron chi connectivity index (χ1n) is 8.28. The van der Waals surface area contributed by atoms with Gasteiger partial charge in [-0.2, -0.15) is 0 Å². The molecular weight excluding hydrogens is 278 g/mol. The topological polar surface area (TPSA) is 28.2 Å². The minimum atomic E-state index is 0.104. The molecule has 1 aromatic rings. The molecule has 0 bridgehead atoms. The maximum Gasteiger partial charge on any atom is 0.185 e. The smallest absolute Gasteiger partial charge is 0.185 e. The largest absolute Gasteiger partial charge is 0.348 e. The normalized spacial score (nSPS) is 12.2. The highest BCUT2D eigenvalue weighted by Gasteiger charge is 2.25. The van der Waals surface area contributed by atoms with Gasteiger partial charge in [0.1, 0.15) is 0 Å². The zero-order valence-corrected chi connectivity index (χ0v) is 15.7. The zero-order chi connectivity index (χ0) is 16.0. The van der Waals surface area contributed by atoms with E-state index in [0.717, 1.165) is 13.1 Å². The van der Waals surface area contributed by atoms with Crippen molar-refractivity contribution in [3.8, 4) is 0 Å². The van der Waals surface area contributed by atoms with Gasteiger partial charge in [0.15, 0.2) is 5.13 Å². The van der Waals surface area contributed by atoms with Crippen LogP contribution < -0.4 is 10.2 Å². The van der Waals surface area contributed by atoms with Crippen molar-refractivity contribution in [2.75, 3.05) is 18.5 Å². The van der Waals surface area contributed by atoms with E-state index in [9.17, 15) is 0 Å². The van der Waals surface area contributed by atoms with Gasteiger partial charge in [-0.05, 0) is 25.8 Å². The van der Waals surface area contributed by atoms with Crippen LogP contribution in [-0.2, 0) is 12.0 Å². The van der Waals surface area contributed by atoms with Gasteiger partial charge in [0.05, 0.1) is 5.69 Å². The number of rotatable bonds is 8. The minimum absolute atomic E-state index is 0.104. The molecule has 0 aliphatic carbocycles. The number of hydrogen-bond donors (Lipinski definition) is 1. The third kappa shape index (κ3) is 4.96. The van der Waals surface area contributed by atoms with Crippen LogP contribution in [-0.4, -0.2) is 24.6 Å². The molecule has 1 aromatic heterocycles. The average Bonchev–Trinajstić information content (AvgIpc) is 2.84. The molecule has 0 radical (unpaired) electrons. The van der Waals surface area contributed by atoms with Gasteiger partial charge in [-0.15, -0.1) is 11.3 Å². The number of anilines is 1. The summed E-state index contributed by atoms with van der Waals surface area (Å²) >= 11 is 1.86. The quantitative estimate of drug-likeness (QED) is 0.713. The third-order valence-corrected chi connectivity index (χ3v) is 5.05. The van der Waals surface area contributed by atoms with Crippen LogP contribution in [0.25, 0.3) is 0 Å². The monoisotopic (exact) mass is 311 g/mol. The molecule has 0 atom stereocenters. The molecule has 122 valence electrons. The lowest BCUT2D eigenvalue weighted by atomic mass is 9.91. The lowest BCUT2D eigenvalue weighted by Crippen LogP contribution is -2.30. The Morgan fingerprint density at radius 3 is 2.29 bits per heavy atom. The summed E-state index contributed by atoms with van der Waals surface area (Å²) in [6.07, 6.45) is 3.51. The Morgan fingerprint density at radius 2 is 1.81 bits per heavy atom. The Bertz CT molecular complexity index is 416. The maximum absolute atomic E-state index is 4.98. The van der Waals surface area contributed by atoms with Crippen molar-refractivity contribution in [3.63, 3.8) is 0 Å². The molecule has 1 rings (SSSR count). The highest BCUT2D eigenvalue weighted by molar-refractivity contribution is 7.15. The summed E-state index contributed by atoms with van der Waals surface area (Å²) in [5, 5.41) is 4.69. The average molecular weight is 312 g/mol. The lowest BCUT2D eigenvalue weighted by molar-refractivity contribution is 0.554. The molecule has 0 saturated carbocycles. The van der Waals surface area contributed by atoms with E-state index in [0.29, 0.717) is 6.04 Å². The van der Waals surface area contributed by atoms with E-state index in [1.165, 1.54) is 35.0 Å². The van der Waals surface area contributed by atoms with Crippen molar-refractivity contribution in [3.05, 3.63) is 10.6 Å². The van der Waals surface area contributed by atoms with E-state index in [1.807, 2.05) is 11.3 Å². The van der Waals surface area contributed by atoms with Crippen LogP contribution in [0.15, 0.2) is 0 Å². The first-order chi connectivity index (χ1) is 9.85. The van der Waals surface area contributed by atoms with E-state index in [4.69, 9.17) is 4.98 Å². The van der Waals surface area contributed by atoms with Gasteiger partial charge in [-0.3, -0.25) is 0 Å². The van der Waals surface area contributed by atoms with E-state index < -0.39 is 0 Å². The summed E-state index contributed by atoms with van der Waals surface area (Å²) in [4.78, 5) is 8.74. The SMILES string of the molecule is CCCNCc1sc(N(C)C(CC)CC)nc1C(C)(C)C. The maximum atomic E-state index is 4.98. The summed E-state index contributed by atoms with van der Waals surface area (Å²) in [6.45, 7) is 15.5. The second-order valence-corrected chi connectivity index (χ2v) is 7.84. The predicted molar refractivity (Wildman–Crippen MR) is 95.6 cm³/mol. The Kier molecular flexibility index (Phi) is 7.14.